The molecule has 122 valence electrons. The highest BCUT2D eigenvalue weighted by Gasteiger charge is 2.68. The van der Waals surface area contributed by atoms with Gasteiger partial charge in [0.05, 0.1) is 12.2 Å². The molecule has 0 unspecified atom stereocenters. The predicted molar refractivity (Wildman–Crippen MR) is 79.5 cm³/mol. The van der Waals surface area contributed by atoms with Crippen LogP contribution in [-0.4, -0.2) is 41.8 Å². The Bertz CT molecular complexity index is 446. The van der Waals surface area contributed by atoms with Gasteiger partial charge in [-0.2, -0.15) is 0 Å². The molecule has 2 bridgehead atoms. The fraction of sp³-hybridized carbons (Fsp3) is 0.765. The van der Waals surface area contributed by atoms with Gasteiger partial charge >= 0.3 is 5.97 Å². The van der Waals surface area contributed by atoms with Crippen LogP contribution in [0.4, 0.5) is 0 Å². The number of rotatable bonds is 10. The van der Waals surface area contributed by atoms with E-state index in [0.29, 0.717) is 36.9 Å². The van der Waals surface area contributed by atoms with Crippen molar-refractivity contribution in [1.29, 1.82) is 0 Å². The zero-order valence-corrected chi connectivity index (χ0v) is 12.7. The number of carboxylic acids is 1. The number of hydrogen-bond donors (Lipinski definition) is 1. The second kappa shape index (κ2) is 6.92. The van der Waals surface area contributed by atoms with Crippen molar-refractivity contribution in [3.8, 4) is 0 Å². The summed E-state index contributed by atoms with van der Waals surface area (Å²) in [4.78, 5) is 21.0. The summed E-state index contributed by atoms with van der Waals surface area (Å²) in [6, 6.07) is 0. The highest BCUT2D eigenvalue weighted by atomic mass is 16.7. The molecule has 3 aliphatic rings. The lowest BCUT2D eigenvalue weighted by Gasteiger charge is -2.24. The fourth-order valence-electron chi connectivity index (χ4n) is 4.04. The number of aliphatic carboxylic acids is 1. The topological polar surface area (TPSA) is 76.1 Å². The number of fused-ring (bicyclic) bond motifs is 5. The maximum absolute atomic E-state index is 10.5. The average Bonchev–Trinajstić information content (AvgIpc) is 3.12. The first kappa shape index (κ1) is 15.7. The molecule has 3 aliphatic heterocycles. The molecule has 3 saturated heterocycles. The molecule has 5 heteroatoms. The lowest BCUT2D eigenvalue weighted by atomic mass is 9.75. The van der Waals surface area contributed by atoms with Crippen molar-refractivity contribution in [2.45, 2.75) is 69.4 Å². The van der Waals surface area contributed by atoms with Crippen molar-refractivity contribution in [2.24, 2.45) is 11.8 Å². The molecular weight excluding hydrogens is 284 g/mol. The number of hydrogen-bond acceptors (Lipinski definition) is 4. The first-order chi connectivity index (χ1) is 10.7. The zero-order chi connectivity index (χ0) is 15.5. The number of epoxide rings is 1. The molecule has 22 heavy (non-hydrogen) atoms. The molecule has 3 rings (SSSR count). The number of unbranched alkanes of at least 4 members (excludes halogenated alkanes) is 2. The van der Waals surface area contributed by atoms with Crippen LogP contribution in [0.3, 0.4) is 0 Å². The van der Waals surface area contributed by atoms with Crippen LogP contribution in [-0.2, 0) is 19.1 Å². The number of carbonyl (C=O) groups is 2. The van der Waals surface area contributed by atoms with Gasteiger partial charge in [-0.15, -0.1) is 0 Å². The summed E-state index contributed by atoms with van der Waals surface area (Å²) < 4.78 is 11.8. The van der Waals surface area contributed by atoms with Crippen molar-refractivity contribution in [1.82, 2.24) is 0 Å². The number of aldehydes is 1. The highest BCUT2D eigenvalue weighted by molar-refractivity contribution is 5.66. The van der Waals surface area contributed by atoms with Crippen molar-refractivity contribution in [3.63, 3.8) is 0 Å². The van der Waals surface area contributed by atoms with Gasteiger partial charge in [0.1, 0.15) is 18.5 Å². The number of carboxylic acid groups (broad SMARTS) is 1. The van der Waals surface area contributed by atoms with Crippen LogP contribution in [0.25, 0.3) is 0 Å². The van der Waals surface area contributed by atoms with Gasteiger partial charge in [-0.3, -0.25) is 4.79 Å². The Hall–Kier alpha value is -1.20. The highest BCUT2D eigenvalue weighted by Crippen LogP contribution is 2.56. The van der Waals surface area contributed by atoms with Crippen molar-refractivity contribution >= 4 is 12.3 Å². The van der Waals surface area contributed by atoms with Crippen LogP contribution >= 0.6 is 0 Å². The van der Waals surface area contributed by atoms with E-state index in [-0.39, 0.29) is 18.6 Å². The molecule has 0 saturated carbocycles. The van der Waals surface area contributed by atoms with Gasteiger partial charge in [0.25, 0.3) is 0 Å². The molecule has 3 heterocycles. The van der Waals surface area contributed by atoms with Crippen LogP contribution in [0.2, 0.25) is 0 Å². The third kappa shape index (κ3) is 3.25. The lowest BCUT2D eigenvalue weighted by Crippen LogP contribution is -2.32. The quantitative estimate of drug-likeness (QED) is 0.290. The van der Waals surface area contributed by atoms with Crippen molar-refractivity contribution in [3.05, 3.63) is 12.2 Å². The SMILES string of the molecule is O=CCCC[C@@H]1[C@H](CC=CCCCC(=O)O)[C@H]2O[C@@H]1[C@H]1O[C@H]12. The van der Waals surface area contributed by atoms with E-state index in [1.165, 1.54) is 0 Å². The van der Waals surface area contributed by atoms with E-state index >= 15 is 0 Å². The Labute approximate surface area is 130 Å². The first-order valence-corrected chi connectivity index (χ1v) is 8.33. The molecule has 3 fully saturated rings. The summed E-state index contributed by atoms with van der Waals surface area (Å²) in [5.74, 6) is 0.246. The summed E-state index contributed by atoms with van der Waals surface area (Å²) in [5, 5.41) is 8.61. The summed E-state index contributed by atoms with van der Waals surface area (Å²) in [5.41, 5.74) is 0. The first-order valence-electron chi connectivity index (χ1n) is 8.33. The molecular formula is C17H24O5. The molecule has 0 aromatic heterocycles. The zero-order valence-electron chi connectivity index (χ0n) is 12.7. The molecule has 0 aromatic carbocycles. The summed E-state index contributed by atoms with van der Waals surface area (Å²) >= 11 is 0. The van der Waals surface area contributed by atoms with E-state index in [9.17, 15) is 9.59 Å². The summed E-state index contributed by atoms with van der Waals surface area (Å²) in [7, 11) is 0. The third-order valence-corrected chi connectivity index (χ3v) is 5.11. The van der Waals surface area contributed by atoms with Crippen LogP contribution in [0.15, 0.2) is 12.2 Å². The molecule has 5 nitrogen and oxygen atoms in total. The minimum Gasteiger partial charge on any atom is -0.481 e. The molecule has 0 amide bonds. The van der Waals surface area contributed by atoms with Crippen molar-refractivity contribution in [2.75, 3.05) is 0 Å². The summed E-state index contributed by atoms with van der Waals surface area (Å²) in [6.45, 7) is 0. The minimum absolute atomic E-state index is 0.222. The van der Waals surface area contributed by atoms with Gasteiger partial charge < -0.3 is 19.4 Å². The van der Waals surface area contributed by atoms with E-state index < -0.39 is 5.97 Å². The van der Waals surface area contributed by atoms with Gasteiger partial charge in [-0.05, 0) is 43.9 Å². The van der Waals surface area contributed by atoms with Gasteiger partial charge in [0.2, 0.25) is 0 Å². The fourth-order valence-corrected chi connectivity index (χ4v) is 4.04. The molecule has 1 N–H and O–H groups in total. The van der Waals surface area contributed by atoms with E-state index in [0.717, 1.165) is 32.0 Å². The standard InChI is InChI=1S/C17H24O5/c18-10-6-5-8-12-11(7-3-1-2-4-9-13(19)20)14-16-17(22-16)15(12)21-14/h1,3,10-12,14-17H,2,4-9H2,(H,19,20)/t11-,12+,14+,15-,16-,17+/m0/s1. The normalized spacial score (nSPS) is 38.4. The number of ether oxygens (including phenoxy) is 2. The monoisotopic (exact) mass is 308 g/mol. The third-order valence-electron chi connectivity index (χ3n) is 5.11. The van der Waals surface area contributed by atoms with Gasteiger partial charge in [0.15, 0.2) is 0 Å². The molecule has 0 aromatic rings. The minimum atomic E-state index is -0.734. The lowest BCUT2D eigenvalue weighted by molar-refractivity contribution is -0.137. The van der Waals surface area contributed by atoms with E-state index in [2.05, 4.69) is 12.2 Å². The second-order valence-electron chi connectivity index (χ2n) is 6.55. The number of carbonyl (C=O) groups excluding carboxylic acids is 1. The Morgan fingerprint density at radius 3 is 2.41 bits per heavy atom. The average molecular weight is 308 g/mol. The van der Waals surface area contributed by atoms with Crippen LogP contribution in [0, 0.1) is 11.8 Å². The van der Waals surface area contributed by atoms with Gasteiger partial charge in [0, 0.05) is 12.8 Å². The molecule has 0 spiro atoms. The maximum atomic E-state index is 10.5. The number of allylic oxidation sites excluding steroid dienone is 2. The van der Waals surface area contributed by atoms with Gasteiger partial charge in [-0.1, -0.05) is 12.2 Å². The molecule has 0 aliphatic carbocycles. The Morgan fingerprint density at radius 1 is 0.955 bits per heavy atom. The van der Waals surface area contributed by atoms with E-state index in [4.69, 9.17) is 14.6 Å². The second-order valence-corrected chi connectivity index (χ2v) is 6.55. The molecule has 6 atom stereocenters. The van der Waals surface area contributed by atoms with E-state index in [1.54, 1.807) is 0 Å². The smallest absolute Gasteiger partial charge is 0.303 e. The Morgan fingerprint density at radius 2 is 1.68 bits per heavy atom. The van der Waals surface area contributed by atoms with Crippen LogP contribution in [0.5, 0.6) is 0 Å². The predicted octanol–water partition coefficient (Wildman–Crippen LogP) is 2.34. The Kier molecular flexibility index (Phi) is 4.93. The van der Waals surface area contributed by atoms with Gasteiger partial charge in [-0.25, -0.2) is 0 Å². The van der Waals surface area contributed by atoms with Crippen molar-refractivity contribution < 1.29 is 24.2 Å². The molecule has 0 radical (unpaired) electrons. The maximum Gasteiger partial charge on any atom is 0.303 e. The van der Waals surface area contributed by atoms with Crippen LogP contribution in [0.1, 0.15) is 44.9 Å². The summed E-state index contributed by atoms with van der Waals surface area (Å²) in [6.07, 6.45) is 11.6. The Balaban J connectivity index is 1.46. The largest absolute Gasteiger partial charge is 0.481 e. The van der Waals surface area contributed by atoms with Crippen LogP contribution < -0.4 is 0 Å². The van der Waals surface area contributed by atoms with E-state index in [1.807, 2.05) is 0 Å².